The van der Waals surface area contributed by atoms with Crippen molar-refractivity contribution < 1.29 is 36.9 Å². The molecule has 0 atom stereocenters. The largest absolute Gasteiger partial charge is 0.886 e. The Hall–Kier alpha value is -1.84. The average Bonchev–Trinajstić information content (AvgIpc) is 2.93. The predicted molar refractivity (Wildman–Crippen MR) is 53.3 cm³/mol. The maximum atomic E-state index is 10.1. The SMILES string of the molecule is O=C(O)[c-]1[c-][c-][c-][c-]1.O=C(O)[c-]1cccc1.[Fe]. The van der Waals surface area contributed by atoms with Crippen molar-refractivity contribution in [2.24, 2.45) is 0 Å². The molecule has 0 saturated carbocycles. The van der Waals surface area contributed by atoms with E-state index in [0.29, 0.717) is 5.56 Å². The van der Waals surface area contributed by atoms with Crippen LogP contribution in [0.5, 0.6) is 0 Å². The summed E-state index contributed by atoms with van der Waals surface area (Å²) < 4.78 is 0. The molecule has 0 radical (unpaired) electrons. The molecule has 0 saturated heterocycles. The average molecular weight is 270 g/mol. The molecule has 0 amide bonds. The van der Waals surface area contributed by atoms with E-state index >= 15 is 0 Å². The third-order valence-electron chi connectivity index (χ3n) is 1.56. The van der Waals surface area contributed by atoms with Crippen LogP contribution in [0.1, 0.15) is 20.7 Å². The number of carbonyl (C=O) groups is 2. The van der Waals surface area contributed by atoms with Crippen LogP contribution in [0.2, 0.25) is 0 Å². The van der Waals surface area contributed by atoms with Crippen LogP contribution >= 0.6 is 0 Å². The first-order valence-corrected chi connectivity index (χ1v) is 4.18. The number of carboxylic acids is 2. The van der Waals surface area contributed by atoms with Gasteiger partial charge in [-0.15, -0.1) is 5.97 Å². The van der Waals surface area contributed by atoms with E-state index in [-0.39, 0.29) is 22.6 Å². The van der Waals surface area contributed by atoms with Crippen LogP contribution in [-0.4, -0.2) is 22.2 Å². The second kappa shape index (κ2) is 7.44. The first-order valence-electron chi connectivity index (χ1n) is 4.18. The van der Waals surface area contributed by atoms with E-state index in [4.69, 9.17) is 10.2 Å². The van der Waals surface area contributed by atoms with Crippen molar-refractivity contribution in [1.82, 2.24) is 0 Å². The number of hydrogen-bond acceptors (Lipinski definition) is 2. The summed E-state index contributed by atoms with van der Waals surface area (Å²) in [5.41, 5.74) is 0.343. The van der Waals surface area contributed by atoms with Gasteiger partial charge in [-0.1, -0.05) is 5.56 Å². The number of aromatic carboxylic acids is 2. The maximum Gasteiger partial charge on any atom is 0.278 e. The monoisotopic (exact) mass is 270 g/mol. The van der Waals surface area contributed by atoms with Gasteiger partial charge in [0.15, 0.2) is 0 Å². The summed E-state index contributed by atoms with van der Waals surface area (Å²) in [6.45, 7) is 0. The van der Waals surface area contributed by atoms with Gasteiger partial charge >= 0.3 is 0 Å². The molecule has 2 aromatic rings. The number of hydrogen-bond donors (Lipinski definition) is 2. The molecular formula is C12H6FeO4-6. The van der Waals surface area contributed by atoms with Crippen molar-refractivity contribution in [2.45, 2.75) is 0 Å². The molecule has 2 aromatic carbocycles. The molecule has 4 nitrogen and oxygen atoms in total. The van der Waals surface area contributed by atoms with Gasteiger partial charge in [0, 0.05) is 17.1 Å². The van der Waals surface area contributed by atoms with E-state index in [2.05, 4.69) is 24.3 Å². The van der Waals surface area contributed by atoms with Crippen molar-refractivity contribution in [2.75, 3.05) is 0 Å². The molecule has 5 heteroatoms. The van der Waals surface area contributed by atoms with Crippen molar-refractivity contribution in [3.05, 3.63) is 59.7 Å². The summed E-state index contributed by atoms with van der Waals surface area (Å²) in [4.78, 5) is 20.0. The molecule has 0 bridgehead atoms. The molecule has 0 aliphatic heterocycles. The molecule has 0 aromatic heterocycles. The van der Waals surface area contributed by atoms with Crippen LogP contribution in [0, 0.1) is 24.3 Å². The Labute approximate surface area is 109 Å². The number of carboxylic acid groups (broad SMARTS) is 2. The van der Waals surface area contributed by atoms with Gasteiger partial charge in [-0.25, -0.2) is 12.1 Å². The van der Waals surface area contributed by atoms with E-state index in [9.17, 15) is 9.59 Å². The molecule has 0 unspecified atom stereocenters. The molecule has 0 spiro atoms. The zero-order chi connectivity index (χ0) is 12.0. The third kappa shape index (κ3) is 5.15. The maximum absolute atomic E-state index is 10.1. The van der Waals surface area contributed by atoms with Gasteiger partial charge in [0.2, 0.25) is 0 Å². The zero-order valence-electron chi connectivity index (χ0n) is 8.37. The smallest absolute Gasteiger partial charge is 0.278 e. The van der Waals surface area contributed by atoms with Gasteiger partial charge in [0.05, 0.1) is 0 Å². The fourth-order valence-corrected chi connectivity index (χ4v) is 0.842. The van der Waals surface area contributed by atoms with Gasteiger partial charge in [0.1, 0.15) is 0 Å². The summed E-state index contributed by atoms with van der Waals surface area (Å²) in [6.07, 6.45) is 0. The van der Waals surface area contributed by atoms with Crippen molar-refractivity contribution in [3.63, 3.8) is 0 Å². The minimum Gasteiger partial charge on any atom is -0.886 e. The summed E-state index contributed by atoms with van der Waals surface area (Å²) in [5.74, 6) is -1.91. The van der Waals surface area contributed by atoms with Gasteiger partial charge in [-0.2, -0.15) is 12.1 Å². The van der Waals surface area contributed by atoms with E-state index in [1.807, 2.05) is 0 Å². The topological polar surface area (TPSA) is 74.6 Å². The summed E-state index contributed by atoms with van der Waals surface area (Å²) >= 11 is 0. The molecular weight excluding hydrogens is 264 g/mol. The van der Waals surface area contributed by atoms with Crippen LogP contribution in [-0.2, 0) is 17.1 Å². The minimum absolute atomic E-state index is 0. The van der Waals surface area contributed by atoms with Crippen molar-refractivity contribution >= 4 is 11.9 Å². The predicted octanol–water partition coefficient (Wildman–Crippen LogP) is 1.41. The second-order valence-electron chi connectivity index (χ2n) is 2.66. The first kappa shape index (κ1) is 15.2. The van der Waals surface area contributed by atoms with Crippen LogP contribution in [0.15, 0.2) is 24.3 Å². The van der Waals surface area contributed by atoms with E-state index in [0.717, 1.165) is 0 Å². The summed E-state index contributed by atoms with van der Waals surface area (Å²) in [5, 5.41) is 16.4. The minimum atomic E-state index is -1.04. The zero-order valence-corrected chi connectivity index (χ0v) is 9.48. The van der Waals surface area contributed by atoms with E-state index < -0.39 is 11.9 Å². The standard InChI is InChI=1S/C6H5O2.C6HO2.Fe/c2*7-6(8)5-3-1-2-4-5;/h1-4H,(H,7,8);(H,7,8);/q-1;-5;. The summed E-state index contributed by atoms with van der Waals surface area (Å²) in [7, 11) is 0. The van der Waals surface area contributed by atoms with Gasteiger partial charge in [-0.3, -0.25) is 4.79 Å². The van der Waals surface area contributed by atoms with Crippen LogP contribution in [0.3, 0.4) is 0 Å². The molecule has 92 valence electrons. The Balaban J connectivity index is 0.000000284. The van der Waals surface area contributed by atoms with Gasteiger partial charge in [-0.05, 0) is 0 Å². The molecule has 0 aliphatic carbocycles. The molecule has 0 aliphatic rings. The van der Waals surface area contributed by atoms with Crippen molar-refractivity contribution in [1.29, 1.82) is 0 Å². The van der Waals surface area contributed by atoms with Crippen LogP contribution < -0.4 is 0 Å². The second-order valence-corrected chi connectivity index (χ2v) is 2.66. The molecule has 2 rings (SSSR count). The Kier molecular flexibility index (Phi) is 6.63. The quantitative estimate of drug-likeness (QED) is 0.639. The van der Waals surface area contributed by atoms with Crippen LogP contribution in [0.25, 0.3) is 0 Å². The molecule has 17 heavy (non-hydrogen) atoms. The Bertz CT molecular complexity index is 399. The first-order chi connectivity index (χ1) is 7.61. The molecule has 2 N–H and O–H groups in total. The van der Waals surface area contributed by atoms with Gasteiger partial charge in [0.25, 0.3) is 5.97 Å². The third-order valence-corrected chi connectivity index (χ3v) is 1.56. The Morgan fingerprint density at radius 1 is 0.941 bits per heavy atom. The molecule has 0 fully saturated rings. The van der Waals surface area contributed by atoms with Gasteiger partial charge < -0.3 is 44.8 Å². The van der Waals surface area contributed by atoms with Crippen molar-refractivity contribution in [3.8, 4) is 0 Å². The Morgan fingerprint density at radius 2 is 1.41 bits per heavy atom. The van der Waals surface area contributed by atoms with E-state index in [1.165, 1.54) is 0 Å². The fraction of sp³-hybridized carbons (Fsp3) is 0. The number of rotatable bonds is 2. The Morgan fingerprint density at radius 3 is 1.65 bits per heavy atom. The van der Waals surface area contributed by atoms with Crippen LogP contribution in [0.4, 0.5) is 0 Å². The summed E-state index contributed by atoms with van der Waals surface area (Å²) in [6, 6.07) is 15.8. The van der Waals surface area contributed by atoms with E-state index in [1.54, 1.807) is 24.3 Å². The fourth-order valence-electron chi connectivity index (χ4n) is 0.842. The normalized spacial score (nSPS) is 8.47. The molecule has 0 heterocycles.